The van der Waals surface area contributed by atoms with Crippen molar-refractivity contribution in [3.05, 3.63) is 35.9 Å². The second-order valence-corrected chi connectivity index (χ2v) is 11.6. The number of carboxylic acids is 1. The van der Waals surface area contributed by atoms with Crippen LogP contribution in [0.5, 0.6) is 0 Å². The smallest absolute Gasteiger partial charge is 0.309 e. The Balaban J connectivity index is 2.68. The molecule has 0 amide bonds. The van der Waals surface area contributed by atoms with Crippen molar-refractivity contribution >= 4 is 14.3 Å². The summed E-state index contributed by atoms with van der Waals surface area (Å²) in [6, 6.07) is 9.72. The molecule has 0 radical (unpaired) electrons. The van der Waals surface area contributed by atoms with Crippen LogP contribution in [0, 0.1) is 5.92 Å². The summed E-state index contributed by atoms with van der Waals surface area (Å²) in [7, 11) is -1.89. The van der Waals surface area contributed by atoms with E-state index in [9.17, 15) is 9.90 Å². The van der Waals surface area contributed by atoms with Gasteiger partial charge in [-0.25, -0.2) is 0 Å². The van der Waals surface area contributed by atoms with Crippen LogP contribution < -0.4 is 0 Å². The molecule has 0 aliphatic heterocycles. The van der Waals surface area contributed by atoms with Gasteiger partial charge in [-0.1, -0.05) is 51.1 Å². The fraction of sp³-hybridized carbons (Fsp3) is 0.562. The molecule has 0 saturated carbocycles. The van der Waals surface area contributed by atoms with E-state index in [0.717, 1.165) is 5.56 Å². The zero-order valence-corrected chi connectivity index (χ0v) is 14.1. The van der Waals surface area contributed by atoms with Crippen LogP contribution in [0.25, 0.3) is 0 Å². The molecule has 112 valence electrons. The van der Waals surface area contributed by atoms with Crippen molar-refractivity contribution in [1.82, 2.24) is 0 Å². The summed E-state index contributed by atoms with van der Waals surface area (Å²) < 4.78 is 6.05. The Bertz CT molecular complexity index is 435. The van der Waals surface area contributed by atoms with E-state index in [4.69, 9.17) is 4.43 Å². The number of hydrogen-bond acceptors (Lipinski definition) is 2. The third kappa shape index (κ3) is 4.76. The van der Waals surface area contributed by atoms with Crippen LogP contribution in [-0.4, -0.2) is 26.0 Å². The van der Waals surface area contributed by atoms with E-state index < -0.39 is 20.2 Å². The van der Waals surface area contributed by atoms with Crippen molar-refractivity contribution in [2.45, 2.75) is 45.3 Å². The average Bonchev–Trinajstić information content (AvgIpc) is 2.34. The normalized spacial score (nSPS) is 14.1. The van der Waals surface area contributed by atoms with Crippen LogP contribution in [0.2, 0.25) is 18.1 Å². The first kappa shape index (κ1) is 16.9. The highest BCUT2D eigenvalue weighted by Crippen LogP contribution is 2.36. The summed E-state index contributed by atoms with van der Waals surface area (Å²) in [6.07, 6.45) is 0.519. The maximum Gasteiger partial charge on any atom is 0.309 e. The molecule has 0 spiro atoms. The van der Waals surface area contributed by atoms with Gasteiger partial charge in [-0.3, -0.25) is 4.79 Å². The van der Waals surface area contributed by atoms with E-state index in [1.165, 1.54) is 0 Å². The third-order valence-electron chi connectivity index (χ3n) is 4.13. The Morgan fingerprint density at radius 3 is 2.25 bits per heavy atom. The number of carboxylic acid groups (broad SMARTS) is 1. The molecule has 1 aromatic carbocycles. The molecule has 1 atom stereocenters. The van der Waals surface area contributed by atoms with Gasteiger partial charge in [0, 0.05) is 6.61 Å². The van der Waals surface area contributed by atoms with Gasteiger partial charge in [-0.2, -0.15) is 0 Å². The van der Waals surface area contributed by atoms with Crippen LogP contribution in [-0.2, 0) is 15.6 Å². The molecule has 0 aromatic heterocycles. The minimum atomic E-state index is -1.89. The van der Waals surface area contributed by atoms with Crippen molar-refractivity contribution in [3.8, 4) is 0 Å². The number of aliphatic carboxylic acids is 1. The molecule has 0 aliphatic rings. The van der Waals surface area contributed by atoms with Crippen molar-refractivity contribution in [3.63, 3.8) is 0 Å². The Morgan fingerprint density at radius 2 is 1.80 bits per heavy atom. The summed E-state index contributed by atoms with van der Waals surface area (Å²) in [6.45, 7) is 11.1. The predicted octanol–water partition coefficient (Wildman–Crippen LogP) is 3.95. The van der Waals surface area contributed by atoms with Crippen LogP contribution >= 0.6 is 0 Å². The van der Waals surface area contributed by atoms with Crippen LogP contribution in [0.15, 0.2) is 30.3 Å². The van der Waals surface area contributed by atoms with Crippen LogP contribution in [0.3, 0.4) is 0 Å². The molecule has 1 N–H and O–H groups in total. The SMILES string of the molecule is CC(C)(C)[Si](C)(C)OC[C@H](Cc1ccccc1)C(=O)O. The molecular formula is C16H26O3Si. The van der Waals surface area contributed by atoms with Crippen LogP contribution in [0.1, 0.15) is 26.3 Å². The van der Waals surface area contributed by atoms with E-state index in [0.29, 0.717) is 13.0 Å². The van der Waals surface area contributed by atoms with E-state index in [1.54, 1.807) is 0 Å². The van der Waals surface area contributed by atoms with E-state index in [2.05, 4.69) is 33.9 Å². The lowest BCUT2D eigenvalue weighted by Crippen LogP contribution is -2.42. The number of carbonyl (C=O) groups is 1. The summed E-state index contributed by atoms with van der Waals surface area (Å²) in [4.78, 5) is 11.4. The fourth-order valence-corrected chi connectivity index (χ4v) is 2.69. The first-order valence-electron chi connectivity index (χ1n) is 7.04. The second-order valence-electron chi connectivity index (χ2n) is 6.80. The Hall–Kier alpha value is -1.13. The molecule has 0 fully saturated rings. The van der Waals surface area contributed by atoms with Gasteiger partial charge >= 0.3 is 5.97 Å². The topological polar surface area (TPSA) is 46.5 Å². The lowest BCUT2D eigenvalue weighted by atomic mass is 10.0. The lowest BCUT2D eigenvalue weighted by molar-refractivity contribution is -0.142. The van der Waals surface area contributed by atoms with Gasteiger partial charge in [0.1, 0.15) is 0 Å². The Morgan fingerprint density at radius 1 is 1.25 bits per heavy atom. The molecule has 0 aliphatic carbocycles. The minimum absolute atomic E-state index is 0.100. The molecule has 3 nitrogen and oxygen atoms in total. The highest BCUT2D eigenvalue weighted by molar-refractivity contribution is 6.74. The molecule has 4 heteroatoms. The Labute approximate surface area is 123 Å². The van der Waals surface area contributed by atoms with E-state index in [-0.39, 0.29) is 5.04 Å². The van der Waals surface area contributed by atoms with Gasteiger partial charge in [0.15, 0.2) is 8.32 Å². The monoisotopic (exact) mass is 294 g/mol. The molecule has 1 aromatic rings. The first-order chi connectivity index (χ1) is 9.13. The van der Waals surface area contributed by atoms with Gasteiger partial charge in [-0.15, -0.1) is 0 Å². The van der Waals surface area contributed by atoms with Gasteiger partial charge in [0.05, 0.1) is 5.92 Å². The first-order valence-corrected chi connectivity index (χ1v) is 9.95. The van der Waals surface area contributed by atoms with Gasteiger partial charge in [-0.05, 0) is 30.1 Å². The van der Waals surface area contributed by atoms with E-state index in [1.807, 2.05) is 30.3 Å². The summed E-state index contributed by atoms with van der Waals surface area (Å²) >= 11 is 0. The van der Waals surface area contributed by atoms with Crippen molar-refractivity contribution in [1.29, 1.82) is 0 Å². The minimum Gasteiger partial charge on any atom is -0.481 e. The Kier molecular flexibility index (Phi) is 5.54. The zero-order valence-electron chi connectivity index (χ0n) is 13.1. The third-order valence-corrected chi connectivity index (χ3v) is 8.63. The number of benzene rings is 1. The fourth-order valence-electron chi connectivity index (χ4n) is 1.64. The van der Waals surface area contributed by atoms with Crippen molar-refractivity contribution in [2.75, 3.05) is 6.61 Å². The molecule has 20 heavy (non-hydrogen) atoms. The molecule has 0 heterocycles. The standard InChI is InChI=1S/C16H26O3Si/c1-16(2,3)20(4,5)19-12-14(15(17)18)11-13-9-7-6-8-10-13/h6-10,14H,11-12H2,1-5H3,(H,17,18)/t14-/m0/s1. The second kappa shape index (κ2) is 6.55. The van der Waals surface area contributed by atoms with E-state index >= 15 is 0 Å². The summed E-state index contributed by atoms with van der Waals surface area (Å²) in [5.74, 6) is -1.26. The maximum absolute atomic E-state index is 11.4. The number of hydrogen-bond donors (Lipinski definition) is 1. The largest absolute Gasteiger partial charge is 0.481 e. The summed E-state index contributed by atoms with van der Waals surface area (Å²) in [5.41, 5.74) is 1.04. The quantitative estimate of drug-likeness (QED) is 0.808. The molecule has 0 bridgehead atoms. The maximum atomic E-state index is 11.4. The van der Waals surface area contributed by atoms with Gasteiger partial charge in [0.25, 0.3) is 0 Å². The average molecular weight is 294 g/mol. The highest BCUT2D eigenvalue weighted by atomic mass is 28.4. The predicted molar refractivity (Wildman–Crippen MR) is 84.4 cm³/mol. The molecular weight excluding hydrogens is 268 g/mol. The van der Waals surface area contributed by atoms with Crippen LogP contribution in [0.4, 0.5) is 0 Å². The zero-order chi connectivity index (χ0) is 15.4. The van der Waals surface area contributed by atoms with Gasteiger partial charge < -0.3 is 9.53 Å². The number of rotatable bonds is 6. The molecule has 1 rings (SSSR count). The van der Waals surface area contributed by atoms with Gasteiger partial charge in [0.2, 0.25) is 0 Å². The lowest BCUT2D eigenvalue weighted by Gasteiger charge is -2.36. The summed E-state index contributed by atoms with van der Waals surface area (Å²) in [5, 5.41) is 9.47. The molecule has 0 unspecified atom stereocenters. The highest BCUT2D eigenvalue weighted by Gasteiger charge is 2.38. The van der Waals surface area contributed by atoms with Crippen molar-refractivity contribution in [2.24, 2.45) is 5.92 Å². The molecule has 0 saturated heterocycles. The van der Waals surface area contributed by atoms with Crippen molar-refractivity contribution < 1.29 is 14.3 Å².